The van der Waals surface area contributed by atoms with Crippen LogP contribution in [0, 0.1) is 0 Å². The molecule has 0 fully saturated rings. The molecule has 432 valence electrons. The lowest BCUT2D eigenvalue weighted by molar-refractivity contribution is 0.668. The van der Waals surface area contributed by atoms with Crippen LogP contribution in [-0.2, 0) is 0 Å². The number of thiophene rings is 1. The van der Waals surface area contributed by atoms with Crippen LogP contribution >= 0.6 is 11.3 Å². The molecule has 20 rings (SSSR count). The van der Waals surface area contributed by atoms with Gasteiger partial charge in [0.2, 0.25) is 0 Å². The fourth-order valence-electron chi connectivity index (χ4n) is 15.8. The molecule has 4 heteroatoms. The highest BCUT2D eigenvalue weighted by Crippen LogP contribution is 2.50. The van der Waals surface area contributed by atoms with E-state index in [0.717, 1.165) is 116 Å². The van der Waals surface area contributed by atoms with E-state index in [-0.39, 0.29) is 0 Å². The first-order chi connectivity index (χ1) is 46.0. The fraction of sp³-hybridized carbons (Fsp3) is 0.0112. The topological polar surface area (TPSA) is 39.4 Å². The van der Waals surface area contributed by atoms with Crippen molar-refractivity contribution in [3.05, 3.63) is 302 Å². The third kappa shape index (κ3) is 7.71. The van der Waals surface area contributed by atoms with Crippen molar-refractivity contribution in [2.75, 3.05) is 0 Å². The van der Waals surface area contributed by atoms with E-state index in [1.54, 1.807) is 0 Å². The summed E-state index contributed by atoms with van der Waals surface area (Å²) in [7, 11) is 0. The van der Waals surface area contributed by atoms with Gasteiger partial charge in [-0.2, -0.15) is 0 Å². The molecule has 0 aliphatic rings. The first kappa shape index (κ1) is 52.0. The highest BCUT2D eigenvalue weighted by molar-refractivity contribution is 7.25. The highest BCUT2D eigenvalue weighted by atomic mass is 32.1. The van der Waals surface area contributed by atoms with Gasteiger partial charge < -0.3 is 13.3 Å². The number of allylic oxidation sites excluding steroid dienone is 1. The summed E-state index contributed by atoms with van der Waals surface area (Å²) in [5.41, 5.74) is 19.0. The van der Waals surface area contributed by atoms with E-state index in [0.29, 0.717) is 0 Å². The minimum Gasteiger partial charge on any atom is -0.456 e. The molecular formula is C89H52O3S. The van der Waals surface area contributed by atoms with Crippen LogP contribution in [0.2, 0.25) is 0 Å². The van der Waals surface area contributed by atoms with Crippen molar-refractivity contribution < 1.29 is 13.3 Å². The molecule has 0 amide bonds. The van der Waals surface area contributed by atoms with Crippen LogP contribution in [-0.4, -0.2) is 0 Å². The monoisotopic (exact) mass is 1200 g/mol. The van der Waals surface area contributed by atoms with Crippen LogP contribution < -0.4 is 0 Å². The molecule has 16 aromatic carbocycles. The van der Waals surface area contributed by atoms with Crippen LogP contribution in [0.3, 0.4) is 0 Å². The summed E-state index contributed by atoms with van der Waals surface area (Å²) in [4.78, 5) is 0. The Labute approximate surface area is 537 Å². The quantitative estimate of drug-likeness (QED) is 0.149. The summed E-state index contributed by atoms with van der Waals surface area (Å²) in [6.07, 6.45) is 4.21. The van der Waals surface area contributed by atoms with Gasteiger partial charge in [-0.15, -0.1) is 11.3 Å². The Morgan fingerprint density at radius 1 is 0.280 bits per heavy atom. The second-order valence-electron chi connectivity index (χ2n) is 24.8. The van der Waals surface area contributed by atoms with Crippen LogP contribution in [0.25, 0.3) is 207 Å². The maximum atomic E-state index is 6.88. The summed E-state index contributed by atoms with van der Waals surface area (Å²) in [5.74, 6) is 0. The number of hydrogen-bond acceptors (Lipinski definition) is 4. The van der Waals surface area contributed by atoms with E-state index in [9.17, 15) is 0 Å². The third-order valence-electron chi connectivity index (χ3n) is 19.9. The van der Waals surface area contributed by atoms with Crippen LogP contribution in [0.15, 0.2) is 299 Å². The molecule has 93 heavy (non-hydrogen) atoms. The highest BCUT2D eigenvalue weighted by Gasteiger charge is 2.24. The molecule has 3 nitrogen and oxygen atoms in total. The normalized spacial score (nSPS) is 12.5. The zero-order valence-electron chi connectivity index (χ0n) is 50.5. The summed E-state index contributed by atoms with van der Waals surface area (Å²) in [5, 5.41) is 23.4. The van der Waals surface area contributed by atoms with E-state index in [1.807, 2.05) is 17.4 Å². The number of fused-ring (bicyclic) bond motifs is 18. The Morgan fingerprint density at radius 3 is 1.15 bits per heavy atom. The van der Waals surface area contributed by atoms with Gasteiger partial charge in [0.1, 0.15) is 33.5 Å². The zero-order chi connectivity index (χ0) is 61.2. The summed E-state index contributed by atoms with van der Waals surface area (Å²) < 4.78 is 22.9. The molecule has 0 radical (unpaired) electrons. The number of hydrogen-bond donors (Lipinski definition) is 0. The smallest absolute Gasteiger partial charge is 0.136 e. The molecule has 0 aliphatic carbocycles. The van der Waals surface area contributed by atoms with Crippen molar-refractivity contribution in [1.82, 2.24) is 0 Å². The summed E-state index contributed by atoms with van der Waals surface area (Å²) in [6.45, 7) is 6.55. The average Bonchev–Trinajstić information content (AvgIpc) is 1.54. The Hall–Kier alpha value is -11.8. The molecule has 0 bridgehead atoms. The molecule has 4 aromatic heterocycles. The number of rotatable bonds is 7. The van der Waals surface area contributed by atoms with E-state index in [4.69, 9.17) is 13.3 Å². The lowest BCUT2D eigenvalue weighted by Gasteiger charge is -2.18. The first-order valence-corrected chi connectivity index (χ1v) is 32.6. The Morgan fingerprint density at radius 2 is 0.656 bits per heavy atom. The number of benzene rings is 16. The molecule has 4 heterocycles. The van der Waals surface area contributed by atoms with Crippen LogP contribution in [0.4, 0.5) is 0 Å². The molecule has 0 saturated carbocycles. The molecular weight excluding hydrogens is 1150 g/mol. The maximum absolute atomic E-state index is 6.88. The fourth-order valence-corrected chi connectivity index (χ4v) is 16.9. The molecule has 0 aliphatic heterocycles. The minimum atomic E-state index is 0.827. The Kier molecular flexibility index (Phi) is 11.1. The standard InChI is InChI=1S/C89H52O3S/c1-3-50-40-74-71-43-54(86-65-26-11-13-28-67(65)89(68-29-14-12-27-66(68)86)57-35-39-85-77(46-57)60-21-15-16-31-84(60)93-85)33-37-79(71)91-82(74)48-69(50)58(4-2)59-30-17-20-53-42-76-73-45-56(34-38-80(73)92-83(76)49-70(53)59)88-63-24-9-7-22-61(63)87(62-23-8-10-25-64(62)88)55-32-36-78-72(44-55)75-41-51-18-5-6-19-52(51)47-81(75)90-78/h3-49H,1H2,2H3/b58-4-. The van der Waals surface area contributed by atoms with Gasteiger partial charge in [-0.25, -0.2) is 0 Å². The SMILES string of the molecule is C=Cc1cc2c(cc1/C(=C\C)c1cccc3cc4c(cc13)oc1ccc(-c3c5ccccc5c(-c5ccc6oc7cc8ccccc8cc7c6c5)c5ccccc35)cc14)oc1ccc(-c3c4ccccc4c(-c4ccc5sc6ccccc6c5c4)c4ccccc34)cc12. The van der Waals surface area contributed by atoms with Crippen molar-refractivity contribution >= 4 is 174 Å². The molecule has 0 N–H and O–H groups in total. The van der Waals surface area contributed by atoms with Gasteiger partial charge in [0.15, 0.2) is 0 Å². The molecule has 0 unspecified atom stereocenters. The lowest BCUT2D eigenvalue weighted by atomic mass is 9.85. The first-order valence-electron chi connectivity index (χ1n) is 31.8. The van der Waals surface area contributed by atoms with Crippen molar-refractivity contribution in [2.45, 2.75) is 6.92 Å². The zero-order valence-corrected chi connectivity index (χ0v) is 51.3. The Bertz CT molecular complexity index is 6600. The van der Waals surface area contributed by atoms with Crippen LogP contribution in [0.5, 0.6) is 0 Å². The second kappa shape index (κ2) is 19.8. The van der Waals surface area contributed by atoms with Gasteiger partial charge in [0, 0.05) is 52.5 Å². The summed E-state index contributed by atoms with van der Waals surface area (Å²) in [6, 6.07) is 100. The van der Waals surface area contributed by atoms with Crippen molar-refractivity contribution in [3.63, 3.8) is 0 Å². The van der Waals surface area contributed by atoms with Gasteiger partial charge in [-0.1, -0.05) is 201 Å². The second-order valence-corrected chi connectivity index (χ2v) is 25.9. The average molecular weight is 1200 g/mol. The predicted octanol–water partition coefficient (Wildman–Crippen LogP) is 26.4. The van der Waals surface area contributed by atoms with Crippen molar-refractivity contribution in [1.29, 1.82) is 0 Å². The van der Waals surface area contributed by atoms with E-state index in [2.05, 4.69) is 293 Å². The van der Waals surface area contributed by atoms with Crippen molar-refractivity contribution in [3.8, 4) is 44.5 Å². The predicted molar refractivity (Wildman–Crippen MR) is 397 cm³/mol. The molecule has 0 saturated heterocycles. The molecule has 0 atom stereocenters. The van der Waals surface area contributed by atoms with Gasteiger partial charge in [-0.3, -0.25) is 0 Å². The van der Waals surface area contributed by atoms with E-state index >= 15 is 0 Å². The third-order valence-corrected chi connectivity index (χ3v) is 21.1. The Balaban J connectivity index is 0.682. The van der Waals surface area contributed by atoms with Gasteiger partial charge in [0.25, 0.3) is 0 Å². The summed E-state index contributed by atoms with van der Waals surface area (Å²) >= 11 is 1.86. The van der Waals surface area contributed by atoms with Gasteiger partial charge >= 0.3 is 0 Å². The maximum Gasteiger partial charge on any atom is 0.136 e. The lowest BCUT2D eigenvalue weighted by Crippen LogP contribution is -1.93. The van der Waals surface area contributed by atoms with Crippen molar-refractivity contribution in [2.24, 2.45) is 0 Å². The van der Waals surface area contributed by atoms with Crippen LogP contribution in [0.1, 0.15) is 23.6 Å². The van der Waals surface area contributed by atoms with E-state index in [1.165, 1.54) is 102 Å². The molecule has 20 aromatic rings. The minimum absolute atomic E-state index is 0.827. The largest absolute Gasteiger partial charge is 0.456 e. The van der Waals surface area contributed by atoms with Gasteiger partial charge in [0.05, 0.1) is 0 Å². The van der Waals surface area contributed by atoms with E-state index < -0.39 is 0 Å². The van der Waals surface area contributed by atoms with Gasteiger partial charge in [-0.05, 0) is 229 Å². The molecule has 0 spiro atoms. The number of furan rings is 3.